The standard InChI is InChI=1S/C25H26FN5O2/c1-16-5-7-22(31-27-11-12-28-31)19(14-16)25(32)30-13-3-4-17(2)21(30)8-10-24-29-20-15-18(26)6-9-23(20)33-24/h5-7,9,11-12,14-15,17,21H,3-4,8,10,13H2,1-2H3/t17-,21-/m1/s1. The van der Waals surface area contributed by atoms with Crippen molar-refractivity contribution in [3.63, 3.8) is 0 Å². The summed E-state index contributed by atoms with van der Waals surface area (Å²) in [6, 6.07) is 10.2. The van der Waals surface area contributed by atoms with Gasteiger partial charge in [0.2, 0.25) is 0 Å². The molecule has 4 aromatic rings. The molecule has 1 saturated heterocycles. The predicted molar refractivity (Wildman–Crippen MR) is 122 cm³/mol. The molecule has 0 spiro atoms. The average molecular weight is 448 g/mol. The number of aryl methyl sites for hydroxylation is 2. The molecule has 1 aliphatic rings. The first-order chi connectivity index (χ1) is 16.0. The molecule has 2 atom stereocenters. The number of nitrogens with zero attached hydrogens (tertiary/aromatic N) is 5. The Morgan fingerprint density at radius 1 is 1.18 bits per heavy atom. The number of amides is 1. The van der Waals surface area contributed by atoms with Crippen LogP contribution in [0, 0.1) is 18.7 Å². The lowest BCUT2D eigenvalue weighted by molar-refractivity contribution is 0.0495. The third kappa shape index (κ3) is 4.25. The zero-order chi connectivity index (χ0) is 22.9. The molecule has 0 aliphatic carbocycles. The van der Waals surface area contributed by atoms with Gasteiger partial charge in [-0.25, -0.2) is 9.37 Å². The van der Waals surface area contributed by atoms with Crippen LogP contribution in [0.4, 0.5) is 4.39 Å². The van der Waals surface area contributed by atoms with Crippen LogP contribution in [0.1, 0.15) is 48.0 Å². The van der Waals surface area contributed by atoms with Gasteiger partial charge in [-0.2, -0.15) is 15.0 Å². The topological polar surface area (TPSA) is 77.1 Å². The van der Waals surface area contributed by atoms with Crippen LogP contribution in [0.3, 0.4) is 0 Å². The Morgan fingerprint density at radius 2 is 2.00 bits per heavy atom. The minimum absolute atomic E-state index is 0.0119. The number of benzene rings is 2. The van der Waals surface area contributed by atoms with Crippen molar-refractivity contribution in [3.8, 4) is 5.69 Å². The molecule has 0 N–H and O–H groups in total. The lowest BCUT2D eigenvalue weighted by atomic mass is 9.87. The highest BCUT2D eigenvalue weighted by Crippen LogP contribution is 2.30. The molecule has 5 rings (SSSR count). The van der Waals surface area contributed by atoms with Gasteiger partial charge in [-0.05, 0) is 56.4 Å². The smallest absolute Gasteiger partial charge is 0.256 e. The summed E-state index contributed by atoms with van der Waals surface area (Å²) in [5.74, 6) is 0.571. The number of fused-ring (bicyclic) bond motifs is 1. The van der Waals surface area contributed by atoms with E-state index in [0.717, 1.165) is 24.8 Å². The summed E-state index contributed by atoms with van der Waals surface area (Å²) in [4.78, 5) is 21.7. The van der Waals surface area contributed by atoms with Gasteiger partial charge in [0.1, 0.15) is 11.3 Å². The first-order valence-corrected chi connectivity index (χ1v) is 11.3. The highest BCUT2D eigenvalue weighted by atomic mass is 19.1. The summed E-state index contributed by atoms with van der Waals surface area (Å²) in [5.41, 5.74) is 3.38. The zero-order valence-corrected chi connectivity index (χ0v) is 18.7. The summed E-state index contributed by atoms with van der Waals surface area (Å²) >= 11 is 0. The van der Waals surface area contributed by atoms with E-state index in [4.69, 9.17) is 4.42 Å². The van der Waals surface area contributed by atoms with E-state index in [-0.39, 0.29) is 17.8 Å². The van der Waals surface area contributed by atoms with Gasteiger partial charge >= 0.3 is 0 Å². The fraction of sp³-hybridized carbons (Fsp3) is 0.360. The van der Waals surface area contributed by atoms with E-state index in [9.17, 15) is 9.18 Å². The number of likely N-dealkylation sites (tertiary alicyclic amines) is 1. The van der Waals surface area contributed by atoms with E-state index in [2.05, 4.69) is 22.1 Å². The normalized spacial score (nSPS) is 18.7. The molecular formula is C25H26FN5O2. The highest BCUT2D eigenvalue weighted by Gasteiger charge is 2.33. The van der Waals surface area contributed by atoms with Crippen molar-refractivity contribution in [2.45, 2.75) is 45.6 Å². The van der Waals surface area contributed by atoms with Crippen LogP contribution >= 0.6 is 0 Å². The second-order valence-corrected chi connectivity index (χ2v) is 8.78. The first-order valence-electron chi connectivity index (χ1n) is 11.3. The van der Waals surface area contributed by atoms with Gasteiger partial charge in [0.25, 0.3) is 5.91 Å². The minimum Gasteiger partial charge on any atom is -0.441 e. The number of aromatic nitrogens is 4. The monoisotopic (exact) mass is 447 g/mol. The van der Waals surface area contributed by atoms with Crippen molar-refractivity contribution in [2.24, 2.45) is 5.92 Å². The molecule has 170 valence electrons. The largest absolute Gasteiger partial charge is 0.441 e. The Labute approximate surface area is 191 Å². The minimum atomic E-state index is -0.333. The number of oxazole rings is 1. The SMILES string of the molecule is Cc1ccc(-n2nccn2)c(C(=O)N2CCC[C@@H](C)[C@H]2CCc2nc3cc(F)ccc3o2)c1. The third-order valence-electron chi connectivity index (χ3n) is 6.44. The molecule has 33 heavy (non-hydrogen) atoms. The van der Waals surface area contributed by atoms with E-state index in [0.29, 0.717) is 47.1 Å². The number of piperidine rings is 1. The number of hydrogen-bond donors (Lipinski definition) is 0. The summed E-state index contributed by atoms with van der Waals surface area (Å²) in [5, 5.41) is 8.46. The fourth-order valence-electron chi connectivity index (χ4n) is 4.76. The zero-order valence-electron chi connectivity index (χ0n) is 18.7. The van der Waals surface area contributed by atoms with Crippen LogP contribution in [0.25, 0.3) is 16.8 Å². The maximum atomic E-state index is 13.8. The van der Waals surface area contributed by atoms with Crippen molar-refractivity contribution in [2.75, 3.05) is 6.54 Å². The van der Waals surface area contributed by atoms with Crippen LogP contribution in [0.5, 0.6) is 0 Å². The molecule has 0 saturated carbocycles. The number of carbonyl (C=O) groups excluding carboxylic acids is 1. The molecule has 8 heteroatoms. The van der Waals surface area contributed by atoms with E-state index in [1.807, 2.05) is 30.0 Å². The third-order valence-corrected chi connectivity index (χ3v) is 6.44. The molecule has 1 amide bonds. The van der Waals surface area contributed by atoms with Crippen molar-refractivity contribution >= 4 is 17.0 Å². The molecule has 0 unspecified atom stereocenters. The van der Waals surface area contributed by atoms with Crippen LogP contribution < -0.4 is 0 Å². The van der Waals surface area contributed by atoms with Gasteiger partial charge < -0.3 is 9.32 Å². The molecule has 1 aliphatic heterocycles. The number of hydrogen-bond acceptors (Lipinski definition) is 5. The summed E-state index contributed by atoms with van der Waals surface area (Å²) in [6.07, 6.45) is 6.54. The van der Waals surface area contributed by atoms with E-state index < -0.39 is 0 Å². The van der Waals surface area contributed by atoms with Gasteiger partial charge in [0.15, 0.2) is 11.5 Å². The van der Waals surface area contributed by atoms with Crippen molar-refractivity contribution in [1.29, 1.82) is 0 Å². The lowest BCUT2D eigenvalue weighted by Gasteiger charge is -2.40. The molecule has 7 nitrogen and oxygen atoms in total. The van der Waals surface area contributed by atoms with Crippen molar-refractivity contribution in [1.82, 2.24) is 24.9 Å². The van der Waals surface area contributed by atoms with E-state index in [1.165, 1.54) is 16.9 Å². The summed E-state index contributed by atoms with van der Waals surface area (Å²) in [6.45, 7) is 4.87. The average Bonchev–Trinajstić information content (AvgIpc) is 3.47. The van der Waals surface area contributed by atoms with Gasteiger partial charge in [-0.15, -0.1) is 0 Å². The molecule has 3 heterocycles. The van der Waals surface area contributed by atoms with Crippen LogP contribution in [-0.4, -0.2) is 43.4 Å². The maximum absolute atomic E-state index is 13.8. The molecule has 0 radical (unpaired) electrons. The second-order valence-electron chi connectivity index (χ2n) is 8.78. The Balaban J connectivity index is 1.40. The van der Waals surface area contributed by atoms with Gasteiger partial charge in [-0.3, -0.25) is 4.79 Å². The quantitative estimate of drug-likeness (QED) is 0.442. The second kappa shape index (κ2) is 8.77. The Hall–Kier alpha value is -3.55. The molecule has 1 fully saturated rings. The maximum Gasteiger partial charge on any atom is 0.256 e. The van der Waals surface area contributed by atoms with E-state index >= 15 is 0 Å². The van der Waals surface area contributed by atoms with Crippen LogP contribution in [-0.2, 0) is 6.42 Å². The Bertz CT molecular complexity index is 1280. The number of carbonyl (C=O) groups is 1. The lowest BCUT2D eigenvalue weighted by Crippen LogP contribution is -2.48. The predicted octanol–water partition coefficient (Wildman–Crippen LogP) is 4.73. The first kappa shape index (κ1) is 21.3. The highest BCUT2D eigenvalue weighted by molar-refractivity contribution is 5.98. The van der Waals surface area contributed by atoms with E-state index in [1.54, 1.807) is 18.5 Å². The van der Waals surface area contributed by atoms with Gasteiger partial charge in [-0.1, -0.05) is 18.6 Å². The van der Waals surface area contributed by atoms with Crippen molar-refractivity contribution in [3.05, 3.63) is 71.6 Å². The van der Waals surface area contributed by atoms with Crippen LogP contribution in [0.2, 0.25) is 0 Å². The Kier molecular flexibility index (Phi) is 5.66. The number of rotatable bonds is 5. The van der Waals surface area contributed by atoms with Gasteiger partial charge in [0, 0.05) is 25.1 Å². The fourth-order valence-corrected chi connectivity index (χ4v) is 4.76. The van der Waals surface area contributed by atoms with Crippen molar-refractivity contribution < 1.29 is 13.6 Å². The molecular weight excluding hydrogens is 421 g/mol. The molecule has 2 aromatic carbocycles. The summed E-state index contributed by atoms with van der Waals surface area (Å²) in [7, 11) is 0. The molecule has 2 aromatic heterocycles. The Morgan fingerprint density at radius 3 is 2.82 bits per heavy atom. The van der Waals surface area contributed by atoms with Crippen LogP contribution in [0.15, 0.2) is 53.2 Å². The number of halogens is 1. The summed E-state index contributed by atoms with van der Waals surface area (Å²) < 4.78 is 19.3. The molecule has 0 bridgehead atoms. The van der Waals surface area contributed by atoms with Gasteiger partial charge in [0.05, 0.1) is 23.6 Å².